The summed E-state index contributed by atoms with van der Waals surface area (Å²) in [6.45, 7) is 13.7. The summed E-state index contributed by atoms with van der Waals surface area (Å²) in [6.07, 6.45) is 0. The Labute approximate surface area is 375 Å². The molecular formula is C60H50N4. The van der Waals surface area contributed by atoms with Gasteiger partial charge in [-0.2, -0.15) is 0 Å². The highest BCUT2D eigenvalue weighted by Gasteiger charge is 2.26. The smallest absolute Gasteiger partial charge is 0.160 e. The van der Waals surface area contributed by atoms with Crippen LogP contribution in [0.4, 0.5) is 0 Å². The monoisotopic (exact) mass is 826 g/mol. The quantitative estimate of drug-likeness (QED) is 0.167. The van der Waals surface area contributed by atoms with E-state index in [2.05, 4.69) is 239 Å². The Hall–Kier alpha value is -7.56. The zero-order valence-corrected chi connectivity index (χ0v) is 37.3. The molecule has 0 aliphatic heterocycles. The van der Waals surface area contributed by atoms with Crippen LogP contribution in [0.2, 0.25) is 0 Å². The Morgan fingerprint density at radius 2 is 0.797 bits per heavy atom. The van der Waals surface area contributed by atoms with Crippen molar-refractivity contribution in [2.45, 2.75) is 52.4 Å². The summed E-state index contributed by atoms with van der Waals surface area (Å²) < 4.78 is 4.95. The second kappa shape index (κ2) is 15.1. The van der Waals surface area contributed by atoms with Gasteiger partial charge in [-0.05, 0) is 76.6 Å². The number of nitrogens with zero attached hydrogens (tertiary/aromatic N) is 4. The molecule has 11 aromatic rings. The highest BCUT2D eigenvalue weighted by atomic mass is 15.0. The number of rotatable bonds is 6. The first-order valence-electron chi connectivity index (χ1n) is 22.3. The third-order valence-corrected chi connectivity index (χ3v) is 12.9. The van der Waals surface area contributed by atoms with Crippen LogP contribution in [0, 0.1) is 0 Å². The van der Waals surface area contributed by atoms with E-state index in [1.54, 1.807) is 0 Å². The van der Waals surface area contributed by atoms with Crippen LogP contribution in [0.25, 0.3) is 100 Å². The van der Waals surface area contributed by atoms with E-state index < -0.39 is 0 Å². The second-order valence-electron chi connectivity index (χ2n) is 19.1. The normalized spacial score (nSPS) is 12.2. The van der Waals surface area contributed by atoms with Crippen molar-refractivity contribution in [2.24, 2.45) is 0 Å². The van der Waals surface area contributed by atoms with Gasteiger partial charge in [0.2, 0.25) is 0 Å². The molecule has 0 N–H and O–H groups in total. The van der Waals surface area contributed by atoms with E-state index in [-0.39, 0.29) is 10.8 Å². The van der Waals surface area contributed by atoms with E-state index >= 15 is 0 Å². The van der Waals surface area contributed by atoms with Crippen LogP contribution in [-0.2, 0) is 10.8 Å². The summed E-state index contributed by atoms with van der Waals surface area (Å²) in [5.74, 6) is 0.685. The fraction of sp³-hybridized carbons (Fsp3) is 0.133. The van der Waals surface area contributed by atoms with Gasteiger partial charge in [0, 0.05) is 49.4 Å². The molecule has 4 heteroatoms. The van der Waals surface area contributed by atoms with Crippen LogP contribution >= 0.6 is 0 Å². The fourth-order valence-corrected chi connectivity index (χ4v) is 9.56. The van der Waals surface area contributed by atoms with Gasteiger partial charge in [0.05, 0.1) is 44.8 Å². The maximum atomic E-state index is 5.47. The van der Waals surface area contributed by atoms with Crippen molar-refractivity contribution >= 4 is 43.6 Å². The van der Waals surface area contributed by atoms with Crippen molar-refractivity contribution in [1.29, 1.82) is 0 Å². The zero-order valence-electron chi connectivity index (χ0n) is 37.3. The Balaban J connectivity index is 1.27. The molecule has 0 aliphatic rings. The maximum absolute atomic E-state index is 5.47. The Bertz CT molecular complexity index is 3500. The van der Waals surface area contributed by atoms with Gasteiger partial charge in [-0.3, -0.25) is 0 Å². The van der Waals surface area contributed by atoms with Crippen LogP contribution in [0.1, 0.15) is 52.7 Å². The van der Waals surface area contributed by atoms with Crippen LogP contribution in [0.3, 0.4) is 0 Å². The molecule has 0 bridgehead atoms. The zero-order chi connectivity index (χ0) is 43.7. The van der Waals surface area contributed by atoms with Crippen molar-refractivity contribution in [2.75, 3.05) is 0 Å². The minimum absolute atomic E-state index is 0.00268. The molecule has 0 saturated carbocycles. The lowest BCUT2D eigenvalue weighted by Gasteiger charge is -2.22. The molecule has 0 fully saturated rings. The predicted octanol–water partition coefficient (Wildman–Crippen LogP) is 15.9. The molecular weight excluding hydrogens is 777 g/mol. The summed E-state index contributed by atoms with van der Waals surface area (Å²) >= 11 is 0. The first-order valence-corrected chi connectivity index (χ1v) is 22.3. The SMILES string of the molecule is CC(C)(C)c1ccc2c(c1)c1ccccc1n2-c1ccccc1-c1c(-c2cc(-c3ccccc3)nc(-c3ccccc3)n2)cccc1-n1c2ccccc2c2cc(C(C)(C)C)ccc21. The Kier molecular flexibility index (Phi) is 9.25. The summed E-state index contributed by atoms with van der Waals surface area (Å²) in [7, 11) is 0. The number of hydrogen-bond acceptors (Lipinski definition) is 2. The first kappa shape index (κ1) is 39.3. The highest BCUT2D eigenvalue weighted by Crippen LogP contribution is 2.46. The number of para-hydroxylation sites is 3. The largest absolute Gasteiger partial charge is 0.309 e. The molecule has 0 amide bonds. The Morgan fingerprint density at radius 3 is 1.39 bits per heavy atom. The second-order valence-corrected chi connectivity index (χ2v) is 19.1. The van der Waals surface area contributed by atoms with E-state index in [4.69, 9.17) is 9.97 Å². The number of benzene rings is 8. The number of aromatic nitrogens is 4. The topological polar surface area (TPSA) is 35.6 Å². The van der Waals surface area contributed by atoms with Gasteiger partial charge in [0.25, 0.3) is 0 Å². The summed E-state index contributed by atoms with van der Waals surface area (Å²) in [5.41, 5.74) is 16.4. The molecule has 4 nitrogen and oxygen atoms in total. The minimum atomic E-state index is -0.00268. The molecule has 0 unspecified atom stereocenters. The molecule has 64 heavy (non-hydrogen) atoms. The van der Waals surface area contributed by atoms with Crippen molar-refractivity contribution in [3.05, 3.63) is 205 Å². The average molecular weight is 827 g/mol. The predicted molar refractivity (Wildman–Crippen MR) is 270 cm³/mol. The minimum Gasteiger partial charge on any atom is -0.309 e. The number of fused-ring (bicyclic) bond motifs is 6. The molecule has 0 spiro atoms. The van der Waals surface area contributed by atoms with Gasteiger partial charge < -0.3 is 9.13 Å². The van der Waals surface area contributed by atoms with Crippen molar-refractivity contribution in [3.63, 3.8) is 0 Å². The molecule has 0 saturated heterocycles. The van der Waals surface area contributed by atoms with Crippen LogP contribution in [0.5, 0.6) is 0 Å². The van der Waals surface area contributed by atoms with Gasteiger partial charge in [-0.15, -0.1) is 0 Å². The highest BCUT2D eigenvalue weighted by molar-refractivity contribution is 6.12. The molecule has 8 aromatic carbocycles. The average Bonchev–Trinajstić information content (AvgIpc) is 3.83. The summed E-state index contributed by atoms with van der Waals surface area (Å²) in [4.78, 5) is 10.7. The van der Waals surface area contributed by atoms with E-state index in [1.807, 2.05) is 6.07 Å². The third kappa shape index (κ3) is 6.60. The maximum Gasteiger partial charge on any atom is 0.160 e. The molecule has 3 aromatic heterocycles. The molecule has 0 atom stereocenters. The first-order chi connectivity index (χ1) is 31.0. The number of hydrogen-bond donors (Lipinski definition) is 0. The van der Waals surface area contributed by atoms with Crippen LogP contribution in [-0.4, -0.2) is 19.1 Å². The molecule has 0 radical (unpaired) electrons. The standard InChI is InChI=1S/C60H50N4/c1-59(2,3)41-32-34-54-47(36-41)43-24-13-16-28-51(43)63(54)53-30-18-15-26-46(53)57-45(50-38-49(39-20-9-7-10-21-39)61-58(62-50)40-22-11-8-12-23-40)27-19-31-56(57)64-52-29-17-14-25-44(52)48-37-42(60(4,5)6)33-35-55(48)64/h7-38H,1-6H3. The van der Waals surface area contributed by atoms with Gasteiger partial charge in [0.15, 0.2) is 5.82 Å². The molecule has 3 heterocycles. The lowest BCUT2D eigenvalue weighted by molar-refractivity contribution is 0.591. The van der Waals surface area contributed by atoms with Gasteiger partial charge in [0.1, 0.15) is 0 Å². The van der Waals surface area contributed by atoms with E-state index in [0.717, 1.165) is 61.6 Å². The lowest BCUT2D eigenvalue weighted by Crippen LogP contribution is -2.10. The third-order valence-electron chi connectivity index (χ3n) is 12.9. The lowest BCUT2D eigenvalue weighted by atomic mass is 9.86. The molecule has 0 aliphatic carbocycles. The fourth-order valence-electron chi connectivity index (χ4n) is 9.56. The van der Waals surface area contributed by atoms with Crippen LogP contribution in [0.15, 0.2) is 194 Å². The Morgan fingerprint density at radius 1 is 0.344 bits per heavy atom. The molecule has 11 rings (SSSR count). The van der Waals surface area contributed by atoms with Gasteiger partial charge >= 0.3 is 0 Å². The summed E-state index contributed by atoms with van der Waals surface area (Å²) in [6, 6.07) is 70.4. The molecule has 310 valence electrons. The van der Waals surface area contributed by atoms with Gasteiger partial charge in [-0.25, -0.2) is 9.97 Å². The van der Waals surface area contributed by atoms with Crippen LogP contribution < -0.4 is 0 Å². The van der Waals surface area contributed by atoms with E-state index in [1.165, 1.54) is 43.7 Å². The van der Waals surface area contributed by atoms with Crippen molar-refractivity contribution in [3.8, 4) is 56.4 Å². The van der Waals surface area contributed by atoms with Gasteiger partial charge in [-0.1, -0.05) is 181 Å². The van der Waals surface area contributed by atoms with Crippen molar-refractivity contribution in [1.82, 2.24) is 19.1 Å². The van der Waals surface area contributed by atoms with Crippen molar-refractivity contribution < 1.29 is 0 Å². The van der Waals surface area contributed by atoms with E-state index in [0.29, 0.717) is 5.82 Å². The van der Waals surface area contributed by atoms with E-state index in [9.17, 15) is 0 Å². The summed E-state index contributed by atoms with van der Waals surface area (Å²) in [5, 5.41) is 4.95.